The maximum atomic E-state index is 12.3. The summed E-state index contributed by atoms with van der Waals surface area (Å²) in [6.07, 6.45) is 1.45. The first-order chi connectivity index (χ1) is 10.1. The molecule has 0 spiro atoms. The third kappa shape index (κ3) is 4.76. The van der Waals surface area contributed by atoms with E-state index in [1.807, 2.05) is 10.3 Å². The van der Waals surface area contributed by atoms with Crippen LogP contribution in [0.1, 0.15) is 36.9 Å². The molecule has 0 bridgehead atoms. The molecule has 1 aromatic rings. The number of ether oxygens (including phenoxy) is 2. The summed E-state index contributed by atoms with van der Waals surface area (Å²) in [5, 5.41) is 3.09. The summed E-state index contributed by atoms with van der Waals surface area (Å²) in [6.45, 7) is 6.88. The SMILES string of the molecule is COCCOC1CCN(C(=O)Cc2csc(C(C)C)n2)C1. The average Bonchev–Trinajstić information content (AvgIpc) is 3.08. The highest BCUT2D eigenvalue weighted by atomic mass is 32.1. The summed E-state index contributed by atoms with van der Waals surface area (Å²) < 4.78 is 10.6. The zero-order valence-corrected chi connectivity index (χ0v) is 13.8. The van der Waals surface area contributed by atoms with E-state index >= 15 is 0 Å². The lowest BCUT2D eigenvalue weighted by Crippen LogP contribution is -2.31. The Balaban J connectivity index is 1.78. The molecular weight excluding hydrogens is 288 g/mol. The summed E-state index contributed by atoms with van der Waals surface area (Å²) >= 11 is 1.64. The molecule has 0 radical (unpaired) electrons. The Hall–Kier alpha value is -0.980. The minimum absolute atomic E-state index is 0.144. The molecule has 0 aliphatic carbocycles. The largest absolute Gasteiger partial charge is 0.382 e. The molecule has 1 atom stereocenters. The highest BCUT2D eigenvalue weighted by Crippen LogP contribution is 2.20. The molecule has 1 amide bonds. The van der Waals surface area contributed by atoms with Crippen molar-refractivity contribution in [2.75, 3.05) is 33.4 Å². The number of hydrogen-bond donors (Lipinski definition) is 0. The van der Waals surface area contributed by atoms with E-state index in [4.69, 9.17) is 9.47 Å². The zero-order chi connectivity index (χ0) is 15.2. The van der Waals surface area contributed by atoms with Crippen LogP contribution in [-0.4, -0.2) is 55.3 Å². The molecule has 0 N–H and O–H groups in total. The number of amides is 1. The van der Waals surface area contributed by atoms with Crippen molar-refractivity contribution >= 4 is 17.2 Å². The molecule has 5 nitrogen and oxygen atoms in total. The maximum absolute atomic E-state index is 12.3. The molecule has 21 heavy (non-hydrogen) atoms. The van der Waals surface area contributed by atoms with Crippen LogP contribution in [0.5, 0.6) is 0 Å². The predicted molar refractivity (Wildman–Crippen MR) is 82.7 cm³/mol. The minimum atomic E-state index is 0.144. The number of carbonyl (C=O) groups is 1. The predicted octanol–water partition coefficient (Wildman–Crippen LogP) is 2.07. The molecular formula is C15H24N2O3S. The van der Waals surface area contributed by atoms with Crippen molar-refractivity contribution in [2.24, 2.45) is 0 Å². The van der Waals surface area contributed by atoms with E-state index in [9.17, 15) is 4.79 Å². The molecule has 0 saturated carbocycles. The smallest absolute Gasteiger partial charge is 0.228 e. The summed E-state index contributed by atoms with van der Waals surface area (Å²) in [5.41, 5.74) is 0.887. The normalized spacial score (nSPS) is 18.7. The number of likely N-dealkylation sites (tertiary alicyclic amines) is 1. The van der Waals surface area contributed by atoms with Gasteiger partial charge in [0.25, 0.3) is 0 Å². The summed E-state index contributed by atoms with van der Waals surface area (Å²) in [4.78, 5) is 18.7. The van der Waals surface area contributed by atoms with Crippen LogP contribution in [0.25, 0.3) is 0 Å². The second-order valence-electron chi connectivity index (χ2n) is 5.62. The van der Waals surface area contributed by atoms with Crippen molar-refractivity contribution in [2.45, 2.75) is 38.7 Å². The summed E-state index contributed by atoms with van der Waals surface area (Å²) in [6, 6.07) is 0. The van der Waals surface area contributed by atoms with Crippen LogP contribution in [0.15, 0.2) is 5.38 Å². The molecule has 1 aliphatic heterocycles. The molecule has 6 heteroatoms. The van der Waals surface area contributed by atoms with Gasteiger partial charge in [-0.05, 0) is 6.42 Å². The lowest BCUT2D eigenvalue weighted by molar-refractivity contribution is -0.130. The first-order valence-electron chi connectivity index (χ1n) is 7.42. The number of rotatable bonds is 7. The number of methoxy groups -OCH3 is 1. The third-order valence-corrected chi connectivity index (χ3v) is 4.73. The van der Waals surface area contributed by atoms with Gasteiger partial charge in [-0.15, -0.1) is 11.3 Å². The quantitative estimate of drug-likeness (QED) is 0.723. The lowest BCUT2D eigenvalue weighted by atomic mass is 10.2. The molecule has 1 unspecified atom stereocenters. The Labute approximate surface area is 130 Å². The number of hydrogen-bond acceptors (Lipinski definition) is 5. The third-order valence-electron chi connectivity index (χ3n) is 3.53. The van der Waals surface area contributed by atoms with Gasteiger partial charge in [0.05, 0.1) is 36.4 Å². The van der Waals surface area contributed by atoms with Crippen LogP contribution in [0.3, 0.4) is 0 Å². The van der Waals surface area contributed by atoms with E-state index in [0.29, 0.717) is 32.1 Å². The van der Waals surface area contributed by atoms with Crippen LogP contribution in [-0.2, 0) is 20.7 Å². The fraction of sp³-hybridized carbons (Fsp3) is 0.733. The van der Waals surface area contributed by atoms with Gasteiger partial charge in [-0.1, -0.05) is 13.8 Å². The van der Waals surface area contributed by atoms with Crippen molar-refractivity contribution in [3.63, 3.8) is 0 Å². The van der Waals surface area contributed by atoms with Gasteiger partial charge >= 0.3 is 0 Å². The Morgan fingerprint density at radius 2 is 2.33 bits per heavy atom. The van der Waals surface area contributed by atoms with Crippen LogP contribution in [0.4, 0.5) is 0 Å². The van der Waals surface area contributed by atoms with E-state index in [0.717, 1.165) is 23.7 Å². The van der Waals surface area contributed by atoms with E-state index in [1.54, 1.807) is 18.4 Å². The second kappa shape index (κ2) is 7.87. The highest BCUT2D eigenvalue weighted by molar-refractivity contribution is 7.09. The second-order valence-corrected chi connectivity index (χ2v) is 6.51. The maximum Gasteiger partial charge on any atom is 0.228 e. The monoisotopic (exact) mass is 312 g/mol. The van der Waals surface area contributed by atoms with E-state index in [2.05, 4.69) is 18.8 Å². The Bertz CT molecular complexity index is 462. The van der Waals surface area contributed by atoms with Gasteiger partial charge in [-0.25, -0.2) is 4.98 Å². The van der Waals surface area contributed by atoms with Crippen molar-refractivity contribution in [1.29, 1.82) is 0 Å². The molecule has 1 aliphatic rings. The van der Waals surface area contributed by atoms with Gasteiger partial charge in [0, 0.05) is 31.5 Å². The van der Waals surface area contributed by atoms with Crippen LogP contribution >= 0.6 is 11.3 Å². The van der Waals surface area contributed by atoms with Gasteiger partial charge < -0.3 is 14.4 Å². The lowest BCUT2D eigenvalue weighted by Gasteiger charge is -2.16. The van der Waals surface area contributed by atoms with Gasteiger partial charge in [0.1, 0.15) is 0 Å². The van der Waals surface area contributed by atoms with E-state index < -0.39 is 0 Å². The Morgan fingerprint density at radius 3 is 3.00 bits per heavy atom. The summed E-state index contributed by atoms with van der Waals surface area (Å²) in [5.74, 6) is 0.567. The van der Waals surface area contributed by atoms with Gasteiger partial charge in [0.15, 0.2) is 0 Å². The van der Waals surface area contributed by atoms with E-state index in [-0.39, 0.29) is 12.0 Å². The molecule has 0 aromatic carbocycles. The topological polar surface area (TPSA) is 51.7 Å². The number of aromatic nitrogens is 1. The van der Waals surface area contributed by atoms with Crippen LogP contribution in [0, 0.1) is 0 Å². The zero-order valence-electron chi connectivity index (χ0n) is 13.0. The van der Waals surface area contributed by atoms with Crippen molar-refractivity contribution in [3.05, 3.63) is 16.1 Å². The Morgan fingerprint density at radius 1 is 1.52 bits per heavy atom. The molecule has 2 rings (SSSR count). The van der Waals surface area contributed by atoms with Crippen LogP contribution in [0.2, 0.25) is 0 Å². The van der Waals surface area contributed by atoms with Crippen LogP contribution < -0.4 is 0 Å². The number of thiazole rings is 1. The van der Waals surface area contributed by atoms with Crippen molar-refractivity contribution < 1.29 is 14.3 Å². The van der Waals surface area contributed by atoms with E-state index in [1.165, 1.54) is 0 Å². The first kappa shape index (κ1) is 16.4. The van der Waals surface area contributed by atoms with Crippen molar-refractivity contribution in [1.82, 2.24) is 9.88 Å². The molecule has 1 saturated heterocycles. The number of nitrogens with zero attached hydrogens (tertiary/aromatic N) is 2. The number of carbonyl (C=O) groups excluding carboxylic acids is 1. The fourth-order valence-corrected chi connectivity index (χ4v) is 3.16. The van der Waals surface area contributed by atoms with Gasteiger partial charge in [-0.2, -0.15) is 0 Å². The standard InChI is InChI=1S/C15H24N2O3S/c1-11(2)15-16-12(10-21-15)8-14(18)17-5-4-13(9-17)20-7-6-19-3/h10-11,13H,4-9H2,1-3H3. The van der Waals surface area contributed by atoms with Crippen molar-refractivity contribution in [3.8, 4) is 0 Å². The molecule has 2 heterocycles. The Kier molecular flexibility index (Phi) is 6.14. The molecule has 1 aromatic heterocycles. The first-order valence-corrected chi connectivity index (χ1v) is 8.30. The minimum Gasteiger partial charge on any atom is -0.382 e. The van der Waals surface area contributed by atoms with Gasteiger partial charge in [-0.3, -0.25) is 4.79 Å². The fourth-order valence-electron chi connectivity index (χ4n) is 2.32. The summed E-state index contributed by atoms with van der Waals surface area (Å²) in [7, 11) is 1.66. The molecule has 1 fully saturated rings. The average molecular weight is 312 g/mol. The molecule has 118 valence electrons. The van der Waals surface area contributed by atoms with Gasteiger partial charge in [0.2, 0.25) is 5.91 Å². The highest BCUT2D eigenvalue weighted by Gasteiger charge is 2.27.